The van der Waals surface area contributed by atoms with Crippen LogP contribution in [0.1, 0.15) is 278 Å². The van der Waals surface area contributed by atoms with Gasteiger partial charge in [-0.15, -0.1) is 0 Å². The van der Waals surface area contributed by atoms with Crippen molar-refractivity contribution in [1.29, 1.82) is 0 Å². The molecule has 0 aromatic rings. The lowest BCUT2D eigenvalue weighted by molar-refractivity contribution is -0.265. The van der Waals surface area contributed by atoms with Gasteiger partial charge in [-0.05, 0) is 19.3 Å². The molecule has 1 aliphatic heterocycles. The number of hydrogen-bond donors (Lipinski definition) is 6. The van der Waals surface area contributed by atoms with Crippen molar-refractivity contribution >= 4 is 25.7 Å². The number of carbonyl (C=O) groups is 3. The molecule has 0 aromatic carbocycles. The average Bonchev–Trinajstić information content (AvgIpc) is 3.30. The minimum atomic E-state index is -5.31. The molecule has 1 heterocycles. The zero-order chi connectivity index (χ0) is 50.8. The van der Waals surface area contributed by atoms with Crippen LogP contribution in [0, 0.1) is 0 Å². The number of amides is 1. The minimum absolute atomic E-state index is 0.0680. The maximum atomic E-state index is 13.6. The molecule has 0 spiro atoms. The number of nitrogens with one attached hydrogen (secondary N) is 1. The second-order valence-corrected chi connectivity index (χ2v) is 21.4. The molecule has 0 bridgehead atoms. The monoisotopic (exact) mass is 1010 g/mol. The molecule has 7 atom stereocenters. The third-order valence-corrected chi connectivity index (χ3v) is 14.0. The second-order valence-electron chi connectivity index (χ2n) is 20.2. The van der Waals surface area contributed by atoms with Gasteiger partial charge in [0.15, 0.2) is 6.10 Å². The number of hydrogen-bond acceptors (Lipinski definition) is 11. The zero-order valence-electron chi connectivity index (χ0n) is 44.0. The van der Waals surface area contributed by atoms with Crippen molar-refractivity contribution in [2.75, 3.05) is 6.61 Å². The Morgan fingerprint density at radius 1 is 0.507 bits per heavy atom. The van der Waals surface area contributed by atoms with Gasteiger partial charge in [0.1, 0.15) is 18.2 Å². The van der Waals surface area contributed by atoms with E-state index in [2.05, 4.69) is 26.1 Å². The number of phosphoric acid groups is 1. The van der Waals surface area contributed by atoms with Crippen molar-refractivity contribution in [3.05, 3.63) is 0 Å². The highest BCUT2D eigenvalue weighted by atomic mass is 31.2. The number of unbranched alkanes of at least 4 members (excludes halogenated alkanes) is 32. The van der Waals surface area contributed by atoms with E-state index in [1.165, 1.54) is 128 Å². The minimum Gasteiger partial charge on any atom is -0.457 e. The summed E-state index contributed by atoms with van der Waals surface area (Å²) in [6, 6.07) is -1.51. The maximum Gasteiger partial charge on any atom is 0.470 e. The van der Waals surface area contributed by atoms with Crippen LogP contribution in [0.5, 0.6) is 0 Å². The van der Waals surface area contributed by atoms with Crippen molar-refractivity contribution in [3.63, 3.8) is 0 Å². The first-order valence-corrected chi connectivity index (χ1v) is 29.9. The summed E-state index contributed by atoms with van der Waals surface area (Å²) in [5.74, 6) is -2.31. The van der Waals surface area contributed by atoms with Crippen LogP contribution in [0.2, 0.25) is 0 Å². The van der Waals surface area contributed by atoms with E-state index in [9.17, 15) is 44.1 Å². The van der Waals surface area contributed by atoms with E-state index < -0.39 is 88.0 Å². The summed E-state index contributed by atoms with van der Waals surface area (Å²) in [5, 5.41) is 34.6. The van der Waals surface area contributed by atoms with Crippen LogP contribution in [0.4, 0.5) is 0 Å². The van der Waals surface area contributed by atoms with E-state index in [1.54, 1.807) is 0 Å². The first kappa shape index (κ1) is 65.4. The quantitative estimate of drug-likeness (QED) is 0.0190. The fourth-order valence-electron chi connectivity index (χ4n) is 9.35. The van der Waals surface area contributed by atoms with Gasteiger partial charge in [0.2, 0.25) is 12.2 Å². The summed E-state index contributed by atoms with van der Waals surface area (Å²) in [6.45, 7) is 5.74. The Hall–Kier alpha value is -1.64. The lowest BCUT2D eigenvalue weighted by Crippen LogP contribution is -2.66. The molecule has 408 valence electrons. The number of aliphatic hydroxyl groups is 3. The third kappa shape index (κ3) is 36.9. The summed E-state index contributed by atoms with van der Waals surface area (Å²) in [4.78, 5) is 60.2. The van der Waals surface area contributed by atoms with Gasteiger partial charge >= 0.3 is 19.8 Å². The van der Waals surface area contributed by atoms with E-state index in [4.69, 9.17) is 18.7 Å². The molecule has 1 saturated heterocycles. The highest BCUT2D eigenvalue weighted by Crippen LogP contribution is 2.42. The van der Waals surface area contributed by atoms with Gasteiger partial charge in [-0.25, -0.2) is 4.57 Å². The number of carbonyl (C=O) groups excluding carboxylic acids is 3. The molecule has 1 amide bonds. The Balaban J connectivity index is 2.91. The topological polar surface area (TPSA) is 218 Å². The van der Waals surface area contributed by atoms with Crippen LogP contribution in [-0.4, -0.2) is 92.4 Å². The van der Waals surface area contributed by atoms with Crippen LogP contribution >= 0.6 is 7.82 Å². The van der Waals surface area contributed by atoms with Crippen LogP contribution in [0.3, 0.4) is 0 Å². The van der Waals surface area contributed by atoms with Crippen molar-refractivity contribution in [3.8, 4) is 0 Å². The maximum absolute atomic E-state index is 13.6. The molecule has 6 N–H and O–H groups in total. The van der Waals surface area contributed by atoms with Crippen molar-refractivity contribution in [2.24, 2.45) is 0 Å². The molecular formula is C54H104NO13P. The lowest BCUT2D eigenvalue weighted by Gasteiger charge is -2.44. The predicted molar refractivity (Wildman–Crippen MR) is 274 cm³/mol. The second kappa shape index (κ2) is 43.9. The highest BCUT2D eigenvalue weighted by molar-refractivity contribution is 7.46. The molecule has 0 unspecified atom stereocenters. The molecule has 1 aliphatic rings. The molecular weight excluding hydrogens is 902 g/mol. The largest absolute Gasteiger partial charge is 0.470 e. The average molecular weight is 1010 g/mol. The third-order valence-electron chi connectivity index (χ3n) is 13.5. The van der Waals surface area contributed by atoms with Crippen molar-refractivity contribution in [2.45, 2.75) is 320 Å². The Morgan fingerprint density at radius 3 is 1.19 bits per heavy atom. The highest BCUT2D eigenvalue weighted by Gasteiger charge is 2.53. The Labute approximate surface area is 419 Å². The summed E-state index contributed by atoms with van der Waals surface area (Å²) in [7, 11) is -5.31. The number of rotatable bonds is 48. The van der Waals surface area contributed by atoms with Gasteiger partial charge in [-0.2, -0.15) is 0 Å². The standard InChI is InChI=1S/C54H104NO13P/c1-4-7-10-13-16-18-20-22-23-25-27-29-32-35-38-41-48(59)55-51-53(66-49(60)42-45(57)39-37-34-31-28-26-24-21-19-17-14-11-8-5-2)52(68-69(62,63)64)47(44-56)65-54(51)67-50(61)43-46(58)40-36-33-30-15-12-9-6-3/h45-47,51-54,56-58H,4-44H2,1-3H3,(H,55,59)(H2,62,63,64)/t45-,46-,47-,51-,52-,53-,54-/m1/s1. The number of esters is 2. The van der Waals surface area contributed by atoms with E-state index in [-0.39, 0.29) is 6.42 Å². The smallest absolute Gasteiger partial charge is 0.457 e. The van der Waals surface area contributed by atoms with Crippen LogP contribution in [-0.2, 0) is 37.7 Å². The van der Waals surface area contributed by atoms with E-state index >= 15 is 0 Å². The first-order chi connectivity index (χ1) is 33.3. The number of ether oxygens (including phenoxy) is 3. The van der Waals surface area contributed by atoms with Crippen LogP contribution in [0.15, 0.2) is 0 Å². The molecule has 15 heteroatoms. The summed E-state index contributed by atoms with van der Waals surface area (Å²) in [5.41, 5.74) is 0. The summed E-state index contributed by atoms with van der Waals surface area (Å²) in [6.07, 6.45) is 31.0. The van der Waals surface area contributed by atoms with Gasteiger partial charge in [-0.1, -0.05) is 239 Å². The molecule has 1 rings (SSSR count). The fourth-order valence-corrected chi connectivity index (χ4v) is 9.92. The van der Waals surface area contributed by atoms with Crippen molar-refractivity contribution < 1.29 is 62.8 Å². The van der Waals surface area contributed by atoms with Crippen molar-refractivity contribution in [1.82, 2.24) is 5.32 Å². The van der Waals surface area contributed by atoms with Crippen LogP contribution < -0.4 is 5.32 Å². The van der Waals surface area contributed by atoms with E-state index in [0.29, 0.717) is 25.7 Å². The predicted octanol–water partition coefficient (Wildman–Crippen LogP) is 12.5. The summed E-state index contributed by atoms with van der Waals surface area (Å²) >= 11 is 0. The molecule has 0 radical (unpaired) electrons. The van der Waals surface area contributed by atoms with Crippen LogP contribution in [0.25, 0.3) is 0 Å². The SMILES string of the molecule is CCCCCCCCCCCCCCCCCC(=O)N[C@H]1[C@@H](OC(=O)C[C@H](O)CCCCCCCCC)O[C@H](CO)[C@@H](OP(=O)(O)O)[C@@H]1OC(=O)C[C@H](O)CCCCCCCCCCCCCCC. The molecule has 14 nitrogen and oxygen atoms in total. The zero-order valence-corrected chi connectivity index (χ0v) is 44.9. The number of aliphatic hydroxyl groups excluding tert-OH is 3. The lowest BCUT2D eigenvalue weighted by atomic mass is 9.96. The van der Waals surface area contributed by atoms with Gasteiger partial charge in [0, 0.05) is 6.42 Å². The molecule has 69 heavy (non-hydrogen) atoms. The number of phosphoric ester groups is 1. The fraction of sp³-hybridized carbons (Fsp3) is 0.944. The molecule has 0 aromatic heterocycles. The van der Waals surface area contributed by atoms with E-state index in [0.717, 1.165) is 83.5 Å². The molecule has 1 fully saturated rings. The summed E-state index contributed by atoms with van der Waals surface area (Å²) < 4.78 is 34.7. The van der Waals surface area contributed by atoms with Gasteiger partial charge in [0.25, 0.3) is 0 Å². The van der Waals surface area contributed by atoms with E-state index in [1.807, 2.05) is 0 Å². The molecule has 0 aliphatic carbocycles. The Morgan fingerprint density at radius 2 is 0.841 bits per heavy atom. The first-order valence-electron chi connectivity index (χ1n) is 28.4. The Bertz CT molecular complexity index is 1290. The molecule has 0 saturated carbocycles. The van der Waals surface area contributed by atoms with Gasteiger partial charge < -0.3 is 44.6 Å². The Kier molecular flexibility index (Phi) is 41.6. The normalized spacial score (nSPS) is 19.3. The van der Waals surface area contributed by atoms with Gasteiger partial charge in [0.05, 0.1) is 31.7 Å². The van der Waals surface area contributed by atoms with Gasteiger partial charge in [-0.3, -0.25) is 18.9 Å².